The molecule has 1 heteroatoms. The lowest BCUT2D eigenvalue weighted by Gasteiger charge is -2.12. The molecule has 0 aliphatic carbocycles. The van der Waals surface area contributed by atoms with Crippen LogP contribution in [-0.4, -0.2) is 6.66 Å². The normalized spacial score (nSPS) is 11.9. The van der Waals surface area contributed by atoms with Crippen LogP contribution in [0.5, 0.6) is 0 Å². The summed E-state index contributed by atoms with van der Waals surface area (Å²) in [7, 11) is -1.74. The van der Waals surface area contributed by atoms with Crippen molar-refractivity contribution in [1.29, 1.82) is 0 Å². The fourth-order valence-corrected chi connectivity index (χ4v) is 3.64. The molecule has 0 unspecified atom stereocenters. The van der Waals surface area contributed by atoms with Crippen LogP contribution in [0.4, 0.5) is 0 Å². The molecule has 106 valence electrons. The Kier molecular flexibility index (Phi) is 5.08. The minimum atomic E-state index is -1.74. The lowest BCUT2D eigenvalue weighted by atomic mass is 9.99. The van der Waals surface area contributed by atoms with E-state index in [0.29, 0.717) is 0 Å². The van der Waals surface area contributed by atoms with E-state index in [1.807, 2.05) is 6.07 Å². The van der Waals surface area contributed by atoms with E-state index in [0.717, 1.165) is 0 Å². The van der Waals surface area contributed by atoms with Gasteiger partial charge in [-0.15, -0.1) is 0 Å². The van der Waals surface area contributed by atoms with Gasteiger partial charge >= 0.3 is 0 Å². The molecule has 1 aromatic carbocycles. The van der Waals surface area contributed by atoms with E-state index in [4.69, 9.17) is 0 Å². The van der Waals surface area contributed by atoms with Crippen LogP contribution >= 0.6 is 7.26 Å². The molecule has 0 aromatic heterocycles. The van der Waals surface area contributed by atoms with Crippen molar-refractivity contribution in [3.63, 3.8) is 0 Å². The Hall–Kier alpha value is -1.23. The third-order valence-electron chi connectivity index (χ3n) is 2.58. The summed E-state index contributed by atoms with van der Waals surface area (Å²) in [6.07, 6.45) is 0. The Balaban J connectivity index is 3.33. The molecule has 1 rings (SSSR count). The van der Waals surface area contributed by atoms with Gasteiger partial charge in [0.05, 0.1) is 18.0 Å². The maximum absolute atomic E-state index is 3.51. The minimum Gasteiger partial charge on any atom is -0.0620 e. The second-order valence-corrected chi connectivity index (χ2v) is 10.3. The van der Waals surface area contributed by atoms with E-state index in [2.05, 4.69) is 95.6 Å². The molecule has 0 saturated carbocycles. The fraction of sp³-hybridized carbons (Fsp3) is 0.474. The van der Waals surface area contributed by atoms with Gasteiger partial charge in [0, 0.05) is 10.8 Å². The van der Waals surface area contributed by atoms with E-state index < -0.39 is 7.26 Å². The molecule has 0 amide bonds. The van der Waals surface area contributed by atoms with E-state index >= 15 is 0 Å². The van der Waals surface area contributed by atoms with Gasteiger partial charge in [-0.2, -0.15) is 0 Å². The Morgan fingerprint density at radius 1 is 0.750 bits per heavy atom. The summed E-state index contributed by atoms with van der Waals surface area (Å²) >= 11 is 0. The highest BCUT2D eigenvalue weighted by Crippen LogP contribution is 2.52. The van der Waals surface area contributed by atoms with Crippen molar-refractivity contribution >= 4 is 12.6 Å². The SMILES string of the molecule is CC(C)(C)C#C[P+](C)(C#CC(C)(C)C)c1ccccc1. The monoisotopic (exact) mass is 285 g/mol. The molecule has 0 aliphatic heterocycles. The Bertz CT molecular complexity index is 528. The van der Waals surface area contributed by atoms with Gasteiger partial charge in [-0.3, -0.25) is 0 Å². The van der Waals surface area contributed by atoms with Gasteiger partial charge in [-0.05, 0) is 53.7 Å². The molecule has 0 aliphatic rings. The van der Waals surface area contributed by atoms with Gasteiger partial charge in [0.2, 0.25) is 0 Å². The highest BCUT2D eigenvalue weighted by atomic mass is 31.2. The molecule has 0 bridgehead atoms. The molecule has 0 heterocycles. The van der Waals surface area contributed by atoms with Crippen molar-refractivity contribution in [2.24, 2.45) is 10.8 Å². The van der Waals surface area contributed by atoms with Gasteiger partial charge in [-0.25, -0.2) is 0 Å². The largest absolute Gasteiger partial charge is 0.198 e. The summed E-state index contributed by atoms with van der Waals surface area (Å²) in [6.45, 7) is 15.1. The molecule has 0 fully saturated rings. The van der Waals surface area contributed by atoms with Crippen LogP contribution in [-0.2, 0) is 0 Å². The molecule has 0 atom stereocenters. The van der Waals surface area contributed by atoms with Crippen molar-refractivity contribution < 1.29 is 0 Å². The quantitative estimate of drug-likeness (QED) is 0.504. The van der Waals surface area contributed by atoms with E-state index in [9.17, 15) is 0 Å². The summed E-state index contributed by atoms with van der Waals surface area (Å²) in [4.78, 5) is 0. The average Bonchev–Trinajstić information content (AvgIpc) is 2.33. The Morgan fingerprint density at radius 2 is 1.15 bits per heavy atom. The Labute approximate surface area is 125 Å². The first-order valence-electron chi connectivity index (χ1n) is 7.03. The van der Waals surface area contributed by atoms with Crippen LogP contribution < -0.4 is 5.30 Å². The molecule has 20 heavy (non-hydrogen) atoms. The second-order valence-electron chi connectivity index (χ2n) is 7.32. The zero-order valence-corrected chi connectivity index (χ0v) is 14.7. The van der Waals surface area contributed by atoms with E-state index in [-0.39, 0.29) is 10.8 Å². The van der Waals surface area contributed by atoms with Crippen LogP contribution in [0.15, 0.2) is 30.3 Å². The van der Waals surface area contributed by atoms with Gasteiger partial charge < -0.3 is 0 Å². The van der Waals surface area contributed by atoms with Gasteiger partial charge in [-0.1, -0.05) is 30.0 Å². The zero-order chi connectivity index (χ0) is 15.4. The van der Waals surface area contributed by atoms with Gasteiger partial charge in [0.25, 0.3) is 0 Å². The predicted octanol–water partition coefficient (Wildman–Crippen LogP) is 4.97. The van der Waals surface area contributed by atoms with Crippen molar-refractivity contribution in [1.82, 2.24) is 0 Å². The second kappa shape index (κ2) is 6.04. The molecular weight excluding hydrogens is 259 g/mol. The average molecular weight is 285 g/mol. The molecular formula is C19H26P+. The lowest BCUT2D eigenvalue weighted by molar-refractivity contribution is 0.571. The standard InChI is InChI=1S/C19H26P/c1-18(2,3)13-15-20(7,16-14-19(4,5)6)17-11-9-8-10-12-17/h8-12H,1-7H3/q+1. The number of hydrogen-bond acceptors (Lipinski definition) is 0. The zero-order valence-electron chi connectivity index (χ0n) is 13.8. The van der Waals surface area contributed by atoms with E-state index in [1.54, 1.807) is 0 Å². The number of rotatable bonds is 1. The summed E-state index contributed by atoms with van der Waals surface area (Å²) in [5, 5.41) is 1.27. The summed E-state index contributed by atoms with van der Waals surface area (Å²) in [6, 6.07) is 10.5. The minimum absolute atomic E-state index is 0.0133. The molecule has 0 spiro atoms. The van der Waals surface area contributed by atoms with E-state index in [1.165, 1.54) is 5.30 Å². The number of hydrogen-bond donors (Lipinski definition) is 0. The summed E-state index contributed by atoms with van der Waals surface area (Å²) < 4.78 is 0. The van der Waals surface area contributed by atoms with Crippen molar-refractivity contribution in [2.45, 2.75) is 41.5 Å². The smallest absolute Gasteiger partial charge is 0.0620 e. The van der Waals surface area contributed by atoms with Crippen molar-refractivity contribution in [2.75, 3.05) is 6.66 Å². The first-order chi connectivity index (χ1) is 9.02. The third-order valence-corrected chi connectivity index (χ3v) is 5.03. The van der Waals surface area contributed by atoms with Crippen LogP contribution in [0.2, 0.25) is 0 Å². The first-order valence-corrected chi connectivity index (χ1v) is 9.26. The molecule has 0 saturated heterocycles. The molecule has 0 N–H and O–H groups in total. The summed E-state index contributed by atoms with van der Waals surface area (Å²) in [5.74, 6) is 6.79. The highest BCUT2D eigenvalue weighted by Gasteiger charge is 2.32. The van der Waals surface area contributed by atoms with Gasteiger partial charge in [0.15, 0.2) is 7.26 Å². The van der Waals surface area contributed by atoms with Crippen LogP contribution in [0, 0.1) is 34.0 Å². The Morgan fingerprint density at radius 3 is 1.50 bits per heavy atom. The number of benzene rings is 1. The maximum Gasteiger partial charge on any atom is 0.198 e. The molecule has 0 nitrogen and oxygen atoms in total. The molecule has 0 radical (unpaired) electrons. The lowest BCUT2D eigenvalue weighted by Crippen LogP contribution is -2.09. The van der Waals surface area contributed by atoms with Crippen molar-refractivity contribution in [3.05, 3.63) is 30.3 Å². The van der Waals surface area contributed by atoms with Crippen molar-refractivity contribution in [3.8, 4) is 23.2 Å². The fourth-order valence-electron chi connectivity index (χ4n) is 1.44. The predicted molar refractivity (Wildman–Crippen MR) is 93.4 cm³/mol. The topological polar surface area (TPSA) is 0 Å². The van der Waals surface area contributed by atoms with Crippen LogP contribution in [0.3, 0.4) is 0 Å². The first kappa shape index (κ1) is 16.8. The highest BCUT2D eigenvalue weighted by molar-refractivity contribution is 7.91. The maximum atomic E-state index is 3.51. The van der Waals surface area contributed by atoms with Crippen LogP contribution in [0.25, 0.3) is 0 Å². The molecule has 1 aromatic rings. The van der Waals surface area contributed by atoms with Crippen LogP contribution in [0.1, 0.15) is 41.5 Å². The van der Waals surface area contributed by atoms with Gasteiger partial charge in [0.1, 0.15) is 5.30 Å². The summed E-state index contributed by atoms with van der Waals surface area (Å²) in [5.41, 5.74) is 7.05. The third kappa shape index (κ3) is 5.82.